The Labute approximate surface area is 128 Å². The van der Waals surface area contributed by atoms with Crippen LogP contribution >= 0.6 is 15.9 Å². The second-order valence-corrected chi connectivity index (χ2v) is 6.18. The third-order valence-corrected chi connectivity index (χ3v) is 4.28. The Kier molecular flexibility index (Phi) is 4.79. The van der Waals surface area contributed by atoms with Crippen LogP contribution in [0.15, 0.2) is 28.7 Å². The number of benzene rings is 1. The summed E-state index contributed by atoms with van der Waals surface area (Å²) in [5.74, 6) is 0.366. The average molecular weight is 336 g/mol. The lowest BCUT2D eigenvalue weighted by atomic mass is 10.1. The molecule has 1 aromatic carbocycles. The highest BCUT2D eigenvalue weighted by molar-refractivity contribution is 9.10. The van der Waals surface area contributed by atoms with E-state index >= 15 is 0 Å². The molecule has 1 amide bonds. The van der Waals surface area contributed by atoms with E-state index in [0.717, 1.165) is 16.7 Å². The maximum absolute atomic E-state index is 12.8. The normalized spacial score (nSPS) is 24.3. The standard InChI is InChI=1S/C15H18BrN3O/c1-11-9-18(2)14(7-8-17)15(20)19(10-11)13-6-4-3-5-12(13)16/h3-6,11,14H,7,9-10H2,1-2H3. The molecular formula is C15H18BrN3O. The van der Waals surface area contributed by atoms with Crippen LogP contribution in [0.4, 0.5) is 5.69 Å². The van der Waals surface area contributed by atoms with Crippen LogP contribution in [-0.4, -0.2) is 37.0 Å². The summed E-state index contributed by atoms with van der Waals surface area (Å²) >= 11 is 3.51. The molecule has 2 atom stereocenters. The molecule has 2 unspecified atom stereocenters. The van der Waals surface area contributed by atoms with E-state index in [9.17, 15) is 4.79 Å². The molecule has 1 fully saturated rings. The minimum absolute atomic E-state index is 0.00491. The third kappa shape index (κ3) is 3.02. The second-order valence-electron chi connectivity index (χ2n) is 5.32. The quantitative estimate of drug-likeness (QED) is 0.834. The van der Waals surface area contributed by atoms with Gasteiger partial charge in [-0.05, 0) is 41.0 Å². The molecular weight excluding hydrogens is 318 g/mol. The lowest BCUT2D eigenvalue weighted by Crippen LogP contribution is -2.44. The number of carbonyl (C=O) groups is 1. The number of likely N-dealkylation sites (N-methyl/N-ethyl adjacent to an activating group) is 1. The van der Waals surface area contributed by atoms with Gasteiger partial charge in [-0.25, -0.2) is 0 Å². The van der Waals surface area contributed by atoms with Crippen molar-refractivity contribution in [1.29, 1.82) is 5.26 Å². The molecule has 5 heteroatoms. The van der Waals surface area contributed by atoms with E-state index < -0.39 is 0 Å². The first-order valence-electron chi connectivity index (χ1n) is 6.67. The van der Waals surface area contributed by atoms with E-state index in [1.807, 2.05) is 36.2 Å². The van der Waals surface area contributed by atoms with E-state index in [1.54, 1.807) is 4.90 Å². The largest absolute Gasteiger partial charge is 0.310 e. The Morgan fingerprint density at radius 3 is 2.75 bits per heavy atom. The SMILES string of the molecule is CC1CN(c2ccccc2Br)C(=O)C(CC#N)N(C)C1. The van der Waals surface area contributed by atoms with E-state index in [2.05, 4.69) is 28.9 Å². The molecule has 1 aliphatic heterocycles. The van der Waals surface area contributed by atoms with Crippen molar-refractivity contribution in [3.05, 3.63) is 28.7 Å². The van der Waals surface area contributed by atoms with Crippen molar-refractivity contribution in [1.82, 2.24) is 4.90 Å². The Bertz CT molecular complexity index is 540. The van der Waals surface area contributed by atoms with Crippen molar-refractivity contribution in [2.45, 2.75) is 19.4 Å². The van der Waals surface area contributed by atoms with Gasteiger partial charge in [0.1, 0.15) is 6.04 Å². The summed E-state index contributed by atoms with van der Waals surface area (Å²) in [4.78, 5) is 16.6. The van der Waals surface area contributed by atoms with Crippen LogP contribution in [0, 0.1) is 17.2 Å². The van der Waals surface area contributed by atoms with Crippen LogP contribution < -0.4 is 4.90 Å². The van der Waals surface area contributed by atoms with Crippen LogP contribution in [0.3, 0.4) is 0 Å². The summed E-state index contributed by atoms with van der Waals surface area (Å²) < 4.78 is 0.904. The summed E-state index contributed by atoms with van der Waals surface area (Å²) in [6.45, 7) is 3.62. The van der Waals surface area contributed by atoms with Gasteiger partial charge in [0.05, 0.1) is 18.2 Å². The molecule has 1 heterocycles. The Morgan fingerprint density at radius 1 is 1.40 bits per heavy atom. The predicted molar refractivity (Wildman–Crippen MR) is 82.3 cm³/mol. The lowest BCUT2D eigenvalue weighted by molar-refractivity contribution is -0.122. The van der Waals surface area contributed by atoms with E-state index in [1.165, 1.54) is 0 Å². The van der Waals surface area contributed by atoms with Crippen molar-refractivity contribution in [2.24, 2.45) is 5.92 Å². The zero-order valence-electron chi connectivity index (χ0n) is 11.7. The second kappa shape index (κ2) is 6.38. The fraction of sp³-hybridized carbons (Fsp3) is 0.467. The van der Waals surface area contributed by atoms with Gasteiger partial charge in [-0.15, -0.1) is 0 Å². The zero-order valence-corrected chi connectivity index (χ0v) is 13.3. The number of nitrogens with zero attached hydrogens (tertiary/aromatic N) is 3. The monoisotopic (exact) mass is 335 g/mol. The molecule has 0 saturated carbocycles. The van der Waals surface area contributed by atoms with Gasteiger partial charge in [0, 0.05) is 17.6 Å². The van der Waals surface area contributed by atoms with Gasteiger partial charge in [0.25, 0.3) is 0 Å². The summed E-state index contributed by atoms with van der Waals surface area (Å²) in [6.07, 6.45) is 0.225. The number of hydrogen-bond acceptors (Lipinski definition) is 3. The highest BCUT2D eigenvalue weighted by Crippen LogP contribution is 2.29. The number of para-hydroxylation sites is 1. The van der Waals surface area contributed by atoms with Crippen molar-refractivity contribution < 1.29 is 4.79 Å². The molecule has 0 radical (unpaired) electrons. The molecule has 0 aliphatic carbocycles. The van der Waals surface area contributed by atoms with Gasteiger partial charge >= 0.3 is 0 Å². The topological polar surface area (TPSA) is 47.3 Å². The number of nitriles is 1. The first-order chi connectivity index (χ1) is 9.54. The number of anilines is 1. The lowest BCUT2D eigenvalue weighted by Gasteiger charge is -2.27. The van der Waals surface area contributed by atoms with Crippen molar-refractivity contribution in [3.8, 4) is 6.07 Å². The molecule has 106 valence electrons. The summed E-state index contributed by atoms with van der Waals surface area (Å²) in [6, 6.07) is 9.48. The van der Waals surface area contributed by atoms with Gasteiger partial charge in [-0.1, -0.05) is 19.1 Å². The molecule has 1 saturated heterocycles. The Balaban J connectivity index is 2.38. The maximum Gasteiger partial charge on any atom is 0.245 e. The Morgan fingerprint density at radius 2 is 2.10 bits per heavy atom. The number of amides is 1. The van der Waals surface area contributed by atoms with Crippen molar-refractivity contribution >= 4 is 27.5 Å². The summed E-state index contributed by atoms with van der Waals surface area (Å²) in [5.41, 5.74) is 0.877. The molecule has 1 aliphatic rings. The fourth-order valence-corrected chi connectivity index (χ4v) is 3.16. The highest BCUT2D eigenvalue weighted by Gasteiger charge is 2.34. The molecule has 2 rings (SSSR count). The number of halogens is 1. The fourth-order valence-electron chi connectivity index (χ4n) is 2.66. The third-order valence-electron chi connectivity index (χ3n) is 3.60. The zero-order chi connectivity index (χ0) is 14.7. The van der Waals surface area contributed by atoms with E-state index in [0.29, 0.717) is 12.5 Å². The molecule has 4 nitrogen and oxygen atoms in total. The minimum Gasteiger partial charge on any atom is -0.310 e. The van der Waals surface area contributed by atoms with Gasteiger partial charge in [0.2, 0.25) is 5.91 Å². The molecule has 0 spiro atoms. The minimum atomic E-state index is -0.364. The number of carbonyl (C=O) groups excluding carboxylic acids is 1. The molecule has 0 bridgehead atoms. The van der Waals surface area contributed by atoms with Crippen LogP contribution in [0.25, 0.3) is 0 Å². The summed E-state index contributed by atoms with van der Waals surface area (Å²) in [5, 5.41) is 8.97. The molecule has 0 aromatic heterocycles. The van der Waals surface area contributed by atoms with Crippen LogP contribution in [0.5, 0.6) is 0 Å². The number of rotatable bonds is 2. The summed E-state index contributed by atoms with van der Waals surface area (Å²) in [7, 11) is 1.92. The average Bonchev–Trinajstić information content (AvgIpc) is 2.51. The molecule has 0 N–H and O–H groups in total. The first-order valence-corrected chi connectivity index (χ1v) is 7.47. The van der Waals surface area contributed by atoms with Crippen molar-refractivity contribution in [3.63, 3.8) is 0 Å². The van der Waals surface area contributed by atoms with Gasteiger partial charge < -0.3 is 4.90 Å². The van der Waals surface area contributed by atoms with Gasteiger partial charge in [-0.2, -0.15) is 5.26 Å². The van der Waals surface area contributed by atoms with Crippen molar-refractivity contribution in [2.75, 3.05) is 25.0 Å². The predicted octanol–water partition coefficient (Wildman–Crippen LogP) is 2.65. The molecule has 1 aromatic rings. The van der Waals surface area contributed by atoms with Crippen LogP contribution in [0.1, 0.15) is 13.3 Å². The van der Waals surface area contributed by atoms with E-state index in [4.69, 9.17) is 5.26 Å². The van der Waals surface area contributed by atoms with Crippen LogP contribution in [-0.2, 0) is 4.79 Å². The Hall–Kier alpha value is -1.38. The first kappa shape index (κ1) is 15.0. The van der Waals surface area contributed by atoms with E-state index in [-0.39, 0.29) is 18.4 Å². The maximum atomic E-state index is 12.8. The highest BCUT2D eigenvalue weighted by atomic mass is 79.9. The van der Waals surface area contributed by atoms with Crippen LogP contribution in [0.2, 0.25) is 0 Å². The molecule has 20 heavy (non-hydrogen) atoms. The van der Waals surface area contributed by atoms with Gasteiger partial charge in [-0.3, -0.25) is 9.69 Å². The smallest absolute Gasteiger partial charge is 0.245 e. The number of hydrogen-bond donors (Lipinski definition) is 0. The van der Waals surface area contributed by atoms with Gasteiger partial charge in [0.15, 0.2) is 0 Å².